The number of halogens is 1. The molecule has 23 heavy (non-hydrogen) atoms. The summed E-state index contributed by atoms with van der Waals surface area (Å²) in [5, 5.41) is 4.01. The molecule has 2 heterocycles. The molecule has 5 nitrogen and oxygen atoms in total. The third-order valence-corrected chi connectivity index (χ3v) is 4.56. The summed E-state index contributed by atoms with van der Waals surface area (Å²) in [6, 6.07) is 10.4. The number of fused-ring (bicyclic) bond motifs is 1. The number of thiophene rings is 1. The Balaban J connectivity index is 1.93. The van der Waals surface area contributed by atoms with E-state index in [2.05, 4.69) is 10.3 Å². The van der Waals surface area contributed by atoms with E-state index >= 15 is 0 Å². The van der Waals surface area contributed by atoms with Crippen LogP contribution in [-0.4, -0.2) is 24.0 Å². The Morgan fingerprint density at radius 2 is 2.09 bits per heavy atom. The number of methoxy groups -OCH3 is 1. The lowest BCUT2D eigenvalue weighted by atomic mass is 10.2. The van der Waals surface area contributed by atoms with Gasteiger partial charge in [0, 0.05) is 6.20 Å². The summed E-state index contributed by atoms with van der Waals surface area (Å²) >= 11 is 6.99. The molecule has 116 valence electrons. The fraction of sp³-hybridized carbons (Fsp3) is 0.0625. The van der Waals surface area contributed by atoms with Crippen molar-refractivity contribution in [1.29, 1.82) is 0 Å². The Labute approximate surface area is 140 Å². The van der Waals surface area contributed by atoms with Crippen LogP contribution in [0.5, 0.6) is 0 Å². The molecule has 0 spiro atoms. The Bertz CT molecular complexity index is 890. The maximum Gasteiger partial charge on any atom is 0.348 e. The first-order valence-electron chi connectivity index (χ1n) is 6.62. The van der Waals surface area contributed by atoms with E-state index in [9.17, 15) is 9.59 Å². The van der Waals surface area contributed by atoms with Crippen molar-refractivity contribution in [3.63, 3.8) is 0 Å². The number of pyridine rings is 1. The van der Waals surface area contributed by atoms with Crippen LogP contribution in [0.1, 0.15) is 20.0 Å². The molecule has 1 N–H and O–H groups in total. The number of hydrogen-bond acceptors (Lipinski definition) is 5. The van der Waals surface area contributed by atoms with Crippen molar-refractivity contribution >= 4 is 50.6 Å². The first-order chi connectivity index (χ1) is 11.1. The van der Waals surface area contributed by atoms with Gasteiger partial charge < -0.3 is 10.1 Å². The number of amides is 1. The van der Waals surface area contributed by atoms with Crippen molar-refractivity contribution in [3.8, 4) is 0 Å². The van der Waals surface area contributed by atoms with Crippen LogP contribution in [0.2, 0.25) is 5.15 Å². The highest BCUT2D eigenvalue weighted by Gasteiger charge is 2.14. The van der Waals surface area contributed by atoms with Crippen LogP contribution in [0.4, 0.5) is 5.69 Å². The standard InChI is InChI=1S/C16H11ClN2O3S/c1-22-16(21)12-7-9-3-2-4-11(14(9)23-12)19-15(20)10-5-6-13(17)18-8-10/h2-8H,1H3,(H,19,20). The third kappa shape index (κ3) is 3.18. The molecule has 0 bridgehead atoms. The first kappa shape index (κ1) is 15.5. The Morgan fingerprint density at radius 3 is 2.78 bits per heavy atom. The first-order valence-corrected chi connectivity index (χ1v) is 7.81. The zero-order valence-electron chi connectivity index (χ0n) is 12.0. The van der Waals surface area contributed by atoms with Gasteiger partial charge in [-0.2, -0.15) is 0 Å². The summed E-state index contributed by atoms with van der Waals surface area (Å²) in [5.74, 6) is -0.694. The summed E-state index contributed by atoms with van der Waals surface area (Å²) in [5.41, 5.74) is 1.03. The number of esters is 1. The zero-order chi connectivity index (χ0) is 16.4. The van der Waals surface area contributed by atoms with Gasteiger partial charge in [0.05, 0.1) is 23.1 Å². The number of carbonyl (C=O) groups is 2. The van der Waals surface area contributed by atoms with Gasteiger partial charge >= 0.3 is 5.97 Å². The van der Waals surface area contributed by atoms with Crippen molar-refractivity contribution in [3.05, 3.63) is 58.2 Å². The SMILES string of the molecule is COC(=O)c1cc2cccc(NC(=O)c3ccc(Cl)nc3)c2s1. The van der Waals surface area contributed by atoms with Gasteiger partial charge in [-0.3, -0.25) is 4.79 Å². The molecule has 0 aliphatic heterocycles. The molecule has 0 aliphatic carbocycles. The summed E-state index contributed by atoms with van der Waals surface area (Å²) in [6.45, 7) is 0. The molecule has 1 aromatic carbocycles. The fourth-order valence-electron chi connectivity index (χ4n) is 2.07. The number of hydrogen-bond donors (Lipinski definition) is 1. The molecule has 1 amide bonds. The minimum absolute atomic E-state index is 0.297. The smallest absolute Gasteiger partial charge is 0.348 e. The second-order valence-corrected chi connectivity index (χ2v) is 6.09. The second kappa shape index (κ2) is 6.36. The van der Waals surface area contributed by atoms with Gasteiger partial charge in [-0.15, -0.1) is 11.3 Å². The maximum atomic E-state index is 12.3. The predicted molar refractivity (Wildman–Crippen MR) is 90.4 cm³/mol. The third-order valence-electron chi connectivity index (χ3n) is 3.17. The quantitative estimate of drug-likeness (QED) is 0.575. The minimum Gasteiger partial charge on any atom is -0.465 e. The van der Waals surface area contributed by atoms with Crippen LogP contribution < -0.4 is 5.32 Å². The van der Waals surface area contributed by atoms with Crippen molar-refractivity contribution in [1.82, 2.24) is 4.98 Å². The molecular weight excluding hydrogens is 336 g/mol. The zero-order valence-corrected chi connectivity index (χ0v) is 13.6. The summed E-state index contributed by atoms with van der Waals surface area (Å²) < 4.78 is 5.54. The molecule has 0 aliphatic rings. The second-order valence-electron chi connectivity index (χ2n) is 4.65. The van der Waals surface area contributed by atoms with Gasteiger partial charge in [-0.1, -0.05) is 23.7 Å². The lowest BCUT2D eigenvalue weighted by Crippen LogP contribution is -2.12. The maximum absolute atomic E-state index is 12.3. The molecule has 0 fully saturated rings. The molecule has 3 rings (SSSR count). The lowest BCUT2D eigenvalue weighted by molar-refractivity contribution is 0.0606. The van der Waals surface area contributed by atoms with Gasteiger partial charge in [-0.25, -0.2) is 9.78 Å². The molecule has 0 saturated carbocycles. The summed E-state index contributed by atoms with van der Waals surface area (Å²) in [7, 11) is 1.34. The summed E-state index contributed by atoms with van der Waals surface area (Å²) in [4.78, 5) is 28.3. The Kier molecular flexibility index (Phi) is 4.27. The number of aromatic nitrogens is 1. The van der Waals surface area contributed by atoms with Gasteiger partial charge in [0.2, 0.25) is 0 Å². The van der Waals surface area contributed by atoms with E-state index < -0.39 is 5.97 Å². The van der Waals surface area contributed by atoms with Crippen LogP contribution >= 0.6 is 22.9 Å². The molecule has 0 unspecified atom stereocenters. The van der Waals surface area contributed by atoms with Crippen molar-refractivity contribution in [2.45, 2.75) is 0 Å². The molecule has 0 saturated heterocycles. The number of carbonyl (C=O) groups excluding carboxylic acids is 2. The van der Waals surface area contributed by atoms with Gasteiger partial charge in [0.1, 0.15) is 10.0 Å². The Hall–Kier alpha value is -2.44. The van der Waals surface area contributed by atoms with Gasteiger partial charge in [-0.05, 0) is 29.7 Å². The number of rotatable bonds is 3. The van der Waals surface area contributed by atoms with E-state index in [1.165, 1.54) is 24.6 Å². The lowest BCUT2D eigenvalue weighted by Gasteiger charge is -2.06. The van der Waals surface area contributed by atoms with Crippen LogP contribution in [-0.2, 0) is 4.74 Å². The number of nitrogens with zero attached hydrogens (tertiary/aromatic N) is 1. The molecule has 3 aromatic rings. The summed E-state index contributed by atoms with van der Waals surface area (Å²) in [6.07, 6.45) is 1.41. The van der Waals surface area contributed by atoms with Gasteiger partial charge in [0.15, 0.2) is 0 Å². The topological polar surface area (TPSA) is 68.3 Å². The average molecular weight is 347 g/mol. The highest BCUT2D eigenvalue weighted by atomic mass is 35.5. The van der Waals surface area contributed by atoms with Crippen molar-refractivity contribution in [2.24, 2.45) is 0 Å². The molecule has 0 atom stereocenters. The van der Waals surface area contributed by atoms with E-state index in [0.717, 1.165) is 10.1 Å². The molecule has 7 heteroatoms. The van der Waals surface area contributed by atoms with E-state index in [1.807, 2.05) is 12.1 Å². The largest absolute Gasteiger partial charge is 0.465 e. The highest BCUT2D eigenvalue weighted by molar-refractivity contribution is 7.21. The number of ether oxygens (including phenoxy) is 1. The normalized spacial score (nSPS) is 10.5. The van der Waals surface area contributed by atoms with Crippen LogP contribution in [0, 0.1) is 0 Å². The number of nitrogens with one attached hydrogen (secondary N) is 1. The van der Waals surface area contributed by atoms with Crippen molar-refractivity contribution in [2.75, 3.05) is 12.4 Å². The van der Waals surface area contributed by atoms with Crippen LogP contribution in [0.3, 0.4) is 0 Å². The Morgan fingerprint density at radius 1 is 1.26 bits per heavy atom. The molecule has 0 radical (unpaired) electrons. The minimum atomic E-state index is -0.398. The fourth-order valence-corrected chi connectivity index (χ4v) is 3.23. The predicted octanol–water partition coefficient (Wildman–Crippen LogP) is 3.99. The van der Waals surface area contributed by atoms with E-state index in [-0.39, 0.29) is 5.91 Å². The van der Waals surface area contributed by atoms with E-state index in [0.29, 0.717) is 21.3 Å². The average Bonchev–Trinajstić information content (AvgIpc) is 3.00. The van der Waals surface area contributed by atoms with Crippen LogP contribution in [0.15, 0.2) is 42.6 Å². The molecular formula is C16H11ClN2O3S. The number of anilines is 1. The molecule has 2 aromatic heterocycles. The van der Waals surface area contributed by atoms with Gasteiger partial charge in [0.25, 0.3) is 5.91 Å². The van der Waals surface area contributed by atoms with E-state index in [4.69, 9.17) is 16.3 Å². The van der Waals surface area contributed by atoms with Crippen molar-refractivity contribution < 1.29 is 14.3 Å². The van der Waals surface area contributed by atoms with Crippen LogP contribution in [0.25, 0.3) is 10.1 Å². The van der Waals surface area contributed by atoms with E-state index in [1.54, 1.807) is 24.3 Å². The highest BCUT2D eigenvalue weighted by Crippen LogP contribution is 2.32. The monoisotopic (exact) mass is 346 g/mol. The number of benzene rings is 1.